The molecule has 2 aromatic rings. The van der Waals surface area contributed by atoms with E-state index in [9.17, 15) is 4.79 Å². The minimum atomic E-state index is -0.314. The van der Waals surface area contributed by atoms with Crippen LogP contribution in [0.2, 0.25) is 0 Å². The molecule has 1 N–H and O–H groups in total. The highest BCUT2D eigenvalue weighted by Gasteiger charge is 2.07. The Labute approximate surface area is 127 Å². The Balaban J connectivity index is 2.11. The molecule has 0 aromatic heterocycles. The number of carbonyl (C=O) groups excluding carboxylic acids is 1. The minimum Gasteiger partial charge on any atom is -0.465 e. The van der Waals surface area contributed by atoms with E-state index in [1.807, 2.05) is 37.3 Å². The maximum Gasteiger partial charge on any atom is 0.337 e. The van der Waals surface area contributed by atoms with Crippen molar-refractivity contribution in [3.63, 3.8) is 0 Å². The topological polar surface area (TPSA) is 38.3 Å². The standard InChI is InChI=1S/C16H16BrNO2/c1-11-9-12(16(19)20-2)7-8-15(11)18-10-13-5-3-4-6-14(13)17/h3-9,18H,10H2,1-2H3. The largest absolute Gasteiger partial charge is 0.465 e. The maximum absolute atomic E-state index is 11.5. The monoisotopic (exact) mass is 333 g/mol. The molecule has 0 unspecified atom stereocenters. The van der Waals surface area contributed by atoms with Crippen LogP contribution < -0.4 is 5.32 Å². The number of benzene rings is 2. The molecule has 0 amide bonds. The molecular formula is C16H16BrNO2. The third-order valence-electron chi connectivity index (χ3n) is 3.07. The third-order valence-corrected chi connectivity index (χ3v) is 3.85. The van der Waals surface area contributed by atoms with Crippen molar-refractivity contribution in [1.82, 2.24) is 0 Å². The van der Waals surface area contributed by atoms with Crippen LogP contribution in [0.15, 0.2) is 46.9 Å². The number of carbonyl (C=O) groups is 1. The van der Waals surface area contributed by atoms with Gasteiger partial charge in [0, 0.05) is 16.7 Å². The van der Waals surface area contributed by atoms with Crippen molar-refractivity contribution in [1.29, 1.82) is 0 Å². The molecule has 20 heavy (non-hydrogen) atoms. The second kappa shape index (κ2) is 6.57. The maximum atomic E-state index is 11.5. The van der Waals surface area contributed by atoms with Gasteiger partial charge in [0.2, 0.25) is 0 Å². The van der Waals surface area contributed by atoms with Crippen LogP contribution in [0.25, 0.3) is 0 Å². The van der Waals surface area contributed by atoms with Gasteiger partial charge in [0.05, 0.1) is 12.7 Å². The summed E-state index contributed by atoms with van der Waals surface area (Å²) in [5.74, 6) is -0.314. The van der Waals surface area contributed by atoms with Crippen molar-refractivity contribution in [2.24, 2.45) is 0 Å². The van der Waals surface area contributed by atoms with E-state index in [0.29, 0.717) is 5.56 Å². The van der Waals surface area contributed by atoms with E-state index in [-0.39, 0.29) is 5.97 Å². The molecule has 0 atom stereocenters. The highest BCUT2D eigenvalue weighted by atomic mass is 79.9. The van der Waals surface area contributed by atoms with E-state index in [2.05, 4.69) is 27.3 Å². The number of esters is 1. The van der Waals surface area contributed by atoms with Gasteiger partial charge in [-0.2, -0.15) is 0 Å². The molecule has 104 valence electrons. The normalized spacial score (nSPS) is 10.2. The smallest absolute Gasteiger partial charge is 0.337 e. The lowest BCUT2D eigenvalue weighted by Gasteiger charge is -2.11. The Bertz CT molecular complexity index is 626. The summed E-state index contributed by atoms with van der Waals surface area (Å²) in [5, 5.41) is 3.37. The fraction of sp³-hybridized carbons (Fsp3) is 0.188. The van der Waals surface area contributed by atoms with Crippen LogP contribution in [0, 0.1) is 6.92 Å². The molecule has 2 rings (SSSR count). The Hall–Kier alpha value is -1.81. The van der Waals surface area contributed by atoms with Crippen LogP contribution in [-0.2, 0) is 11.3 Å². The number of methoxy groups -OCH3 is 1. The molecule has 0 radical (unpaired) electrons. The summed E-state index contributed by atoms with van der Waals surface area (Å²) >= 11 is 3.53. The van der Waals surface area contributed by atoms with Crippen LogP contribution in [0.3, 0.4) is 0 Å². The summed E-state index contributed by atoms with van der Waals surface area (Å²) in [5.41, 5.74) is 3.77. The molecule has 0 aliphatic rings. The summed E-state index contributed by atoms with van der Waals surface area (Å²) in [6.07, 6.45) is 0. The van der Waals surface area contributed by atoms with E-state index in [1.165, 1.54) is 12.7 Å². The van der Waals surface area contributed by atoms with Gasteiger partial charge < -0.3 is 10.1 Å². The van der Waals surface area contributed by atoms with Gasteiger partial charge in [0.25, 0.3) is 0 Å². The lowest BCUT2D eigenvalue weighted by Crippen LogP contribution is -2.05. The molecule has 0 spiro atoms. The third kappa shape index (κ3) is 3.39. The number of aryl methyl sites for hydroxylation is 1. The lowest BCUT2D eigenvalue weighted by atomic mass is 10.1. The molecule has 0 fully saturated rings. The molecule has 3 nitrogen and oxygen atoms in total. The Morgan fingerprint density at radius 2 is 2.00 bits per heavy atom. The van der Waals surface area contributed by atoms with Crippen molar-refractivity contribution < 1.29 is 9.53 Å². The summed E-state index contributed by atoms with van der Waals surface area (Å²) in [7, 11) is 1.39. The average Bonchev–Trinajstić information content (AvgIpc) is 2.46. The number of hydrogen-bond donors (Lipinski definition) is 1. The van der Waals surface area contributed by atoms with Crippen LogP contribution >= 0.6 is 15.9 Å². The Morgan fingerprint density at radius 1 is 1.25 bits per heavy atom. The van der Waals surface area contributed by atoms with Gasteiger partial charge in [-0.3, -0.25) is 0 Å². The fourth-order valence-electron chi connectivity index (χ4n) is 1.94. The van der Waals surface area contributed by atoms with Crippen LogP contribution in [0.4, 0.5) is 5.69 Å². The number of hydrogen-bond acceptors (Lipinski definition) is 3. The van der Waals surface area contributed by atoms with Gasteiger partial charge in [-0.15, -0.1) is 0 Å². The molecule has 0 heterocycles. The first-order chi connectivity index (χ1) is 9.61. The van der Waals surface area contributed by atoms with E-state index >= 15 is 0 Å². The van der Waals surface area contributed by atoms with Crippen LogP contribution in [-0.4, -0.2) is 13.1 Å². The molecule has 4 heteroatoms. The second-order valence-electron chi connectivity index (χ2n) is 4.47. The van der Waals surface area contributed by atoms with E-state index < -0.39 is 0 Å². The van der Waals surface area contributed by atoms with Crippen molar-refractivity contribution in [2.45, 2.75) is 13.5 Å². The summed E-state index contributed by atoms with van der Waals surface area (Å²) in [6, 6.07) is 13.6. The Morgan fingerprint density at radius 3 is 2.65 bits per heavy atom. The van der Waals surface area contributed by atoms with E-state index in [1.54, 1.807) is 6.07 Å². The zero-order valence-electron chi connectivity index (χ0n) is 11.4. The molecule has 0 saturated carbocycles. The zero-order valence-corrected chi connectivity index (χ0v) is 13.0. The van der Waals surface area contributed by atoms with E-state index in [4.69, 9.17) is 4.74 Å². The molecule has 2 aromatic carbocycles. The lowest BCUT2D eigenvalue weighted by molar-refractivity contribution is 0.0600. The predicted octanol–water partition coefficient (Wildman–Crippen LogP) is 4.16. The highest BCUT2D eigenvalue weighted by Crippen LogP contribution is 2.21. The van der Waals surface area contributed by atoms with Gasteiger partial charge in [0.1, 0.15) is 0 Å². The van der Waals surface area contributed by atoms with Crippen LogP contribution in [0.5, 0.6) is 0 Å². The number of anilines is 1. The van der Waals surface area contributed by atoms with Crippen molar-refractivity contribution in [2.75, 3.05) is 12.4 Å². The molecule has 0 bridgehead atoms. The van der Waals surface area contributed by atoms with Gasteiger partial charge in [0.15, 0.2) is 0 Å². The first-order valence-electron chi connectivity index (χ1n) is 6.28. The number of rotatable bonds is 4. The predicted molar refractivity (Wildman–Crippen MR) is 84.0 cm³/mol. The van der Waals surface area contributed by atoms with E-state index in [0.717, 1.165) is 22.3 Å². The summed E-state index contributed by atoms with van der Waals surface area (Å²) in [4.78, 5) is 11.5. The SMILES string of the molecule is COC(=O)c1ccc(NCc2ccccc2Br)c(C)c1. The number of ether oxygens (including phenoxy) is 1. The van der Waals surface area contributed by atoms with Gasteiger partial charge >= 0.3 is 5.97 Å². The molecular weight excluding hydrogens is 318 g/mol. The van der Waals surface area contributed by atoms with Crippen molar-refractivity contribution >= 4 is 27.6 Å². The quantitative estimate of drug-likeness (QED) is 0.854. The average molecular weight is 334 g/mol. The summed E-state index contributed by atoms with van der Waals surface area (Å²) in [6.45, 7) is 2.69. The van der Waals surface area contributed by atoms with Gasteiger partial charge in [-0.1, -0.05) is 34.1 Å². The zero-order chi connectivity index (χ0) is 14.5. The molecule has 0 saturated heterocycles. The highest BCUT2D eigenvalue weighted by molar-refractivity contribution is 9.10. The van der Waals surface area contributed by atoms with Gasteiger partial charge in [-0.05, 0) is 42.3 Å². The van der Waals surface area contributed by atoms with Crippen molar-refractivity contribution in [3.05, 3.63) is 63.6 Å². The van der Waals surface area contributed by atoms with Crippen molar-refractivity contribution in [3.8, 4) is 0 Å². The fourth-order valence-corrected chi connectivity index (χ4v) is 2.36. The molecule has 0 aliphatic heterocycles. The second-order valence-corrected chi connectivity index (χ2v) is 5.32. The number of halogens is 1. The molecule has 0 aliphatic carbocycles. The number of nitrogens with one attached hydrogen (secondary N) is 1. The van der Waals surface area contributed by atoms with Gasteiger partial charge in [-0.25, -0.2) is 4.79 Å². The minimum absolute atomic E-state index is 0.314. The first-order valence-corrected chi connectivity index (χ1v) is 7.07. The van der Waals surface area contributed by atoms with Crippen LogP contribution in [0.1, 0.15) is 21.5 Å². The summed E-state index contributed by atoms with van der Waals surface area (Å²) < 4.78 is 5.79. The Kier molecular flexibility index (Phi) is 4.79. The first kappa shape index (κ1) is 14.6.